The first-order chi connectivity index (χ1) is 15.7. The van der Waals surface area contributed by atoms with Crippen molar-refractivity contribution in [3.8, 4) is 17.3 Å². The summed E-state index contributed by atoms with van der Waals surface area (Å²) in [7, 11) is 0. The summed E-state index contributed by atoms with van der Waals surface area (Å²) in [5.41, 5.74) is 0.919. The number of unbranched alkanes of at least 4 members (excludes halogenated alkanes) is 2. The van der Waals surface area contributed by atoms with E-state index in [0.717, 1.165) is 0 Å². The lowest BCUT2D eigenvalue weighted by atomic mass is 10.1. The van der Waals surface area contributed by atoms with E-state index >= 15 is 0 Å². The van der Waals surface area contributed by atoms with Crippen molar-refractivity contribution in [3.05, 3.63) is 57.6 Å². The number of benzene rings is 1. The van der Waals surface area contributed by atoms with E-state index in [1.54, 1.807) is 24.3 Å². The van der Waals surface area contributed by atoms with E-state index < -0.39 is 18.2 Å². The van der Waals surface area contributed by atoms with Crippen molar-refractivity contribution in [3.63, 3.8) is 0 Å². The molecule has 0 aliphatic heterocycles. The number of alkyl halides is 3. The van der Waals surface area contributed by atoms with E-state index in [-0.39, 0.29) is 42.9 Å². The molecule has 0 N–H and O–H groups in total. The molecule has 0 spiro atoms. The Balaban J connectivity index is 1.94. The first-order valence-electron chi connectivity index (χ1n) is 10.5. The highest BCUT2D eigenvalue weighted by atomic mass is 35.5. The third kappa shape index (κ3) is 6.68. The summed E-state index contributed by atoms with van der Waals surface area (Å²) in [5, 5.41) is 9.12. The van der Waals surface area contributed by atoms with Crippen molar-refractivity contribution < 1.29 is 18.0 Å². The topological polar surface area (TPSA) is 80.2 Å². The fourth-order valence-electron chi connectivity index (χ4n) is 3.50. The van der Waals surface area contributed by atoms with E-state index in [1.807, 2.05) is 6.07 Å². The van der Waals surface area contributed by atoms with Crippen LogP contribution >= 0.6 is 11.6 Å². The molecule has 0 bridgehead atoms. The third-order valence-corrected chi connectivity index (χ3v) is 5.38. The number of fused-ring (bicyclic) bond motifs is 1. The number of nitrogens with zero attached hydrogens (tertiary/aromatic N) is 4. The molecule has 0 aliphatic carbocycles. The van der Waals surface area contributed by atoms with E-state index in [1.165, 1.54) is 21.4 Å². The van der Waals surface area contributed by atoms with Crippen LogP contribution in [0, 0.1) is 11.3 Å². The van der Waals surface area contributed by atoms with Gasteiger partial charge in [0.1, 0.15) is 5.78 Å². The van der Waals surface area contributed by atoms with Crippen molar-refractivity contribution in [1.82, 2.24) is 14.0 Å². The lowest BCUT2D eigenvalue weighted by molar-refractivity contribution is -0.135. The molecule has 3 rings (SSSR count). The first-order valence-corrected chi connectivity index (χ1v) is 10.9. The number of Topliss-reactive ketones (excluding diaryl/α,β-unsaturated/α-hetero) is 1. The Hall–Kier alpha value is -3.12. The summed E-state index contributed by atoms with van der Waals surface area (Å²) in [6.45, 7) is -0.0102. The predicted octanol–water partition coefficient (Wildman–Crippen LogP) is 5.35. The fraction of sp³-hybridized carbons (Fsp3) is 0.391. The van der Waals surface area contributed by atoms with Gasteiger partial charge in [0.2, 0.25) is 5.78 Å². The largest absolute Gasteiger partial charge is 0.389 e. The number of aryl methyl sites for hydroxylation is 1. The van der Waals surface area contributed by atoms with Gasteiger partial charge in [-0.05, 0) is 31.4 Å². The predicted molar refractivity (Wildman–Crippen MR) is 118 cm³/mol. The Labute approximate surface area is 193 Å². The van der Waals surface area contributed by atoms with Crippen molar-refractivity contribution in [2.24, 2.45) is 0 Å². The van der Waals surface area contributed by atoms with Gasteiger partial charge in [-0.25, -0.2) is 4.98 Å². The molecule has 0 saturated heterocycles. The van der Waals surface area contributed by atoms with Crippen molar-refractivity contribution in [2.45, 2.75) is 57.7 Å². The van der Waals surface area contributed by atoms with Crippen LogP contribution < -0.4 is 5.56 Å². The number of aromatic nitrogens is 3. The average Bonchev–Trinajstić information content (AvgIpc) is 3.20. The molecule has 0 fully saturated rings. The van der Waals surface area contributed by atoms with Gasteiger partial charge in [0.05, 0.1) is 11.8 Å². The Kier molecular flexibility index (Phi) is 7.92. The lowest BCUT2D eigenvalue weighted by Gasteiger charge is -2.12. The number of carbonyl (C=O) groups is 1. The van der Waals surface area contributed by atoms with E-state index in [9.17, 15) is 22.8 Å². The van der Waals surface area contributed by atoms with Gasteiger partial charge >= 0.3 is 6.18 Å². The molecule has 1 aromatic carbocycles. The van der Waals surface area contributed by atoms with Gasteiger partial charge in [-0.3, -0.25) is 14.0 Å². The van der Waals surface area contributed by atoms with Gasteiger partial charge in [0.15, 0.2) is 0 Å². The van der Waals surface area contributed by atoms with Crippen LogP contribution in [0.25, 0.3) is 17.0 Å². The fourth-order valence-corrected chi connectivity index (χ4v) is 3.63. The van der Waals surface area contributed by atoms with E-state index in [0.29, 0.717) is 35.5 Å². The lowest BCUT2D eigenvalue weighted by Crippen LogP contribution is -2.24. The molecule has 33 heavy (non-hydrogen) atoms. The Morgan fingerprint density at radius 2 is 1.85 bits per heavy atom. The second-order valence-corrected chi connectivity index (χ2v) is 8.19. The molecule has 10 heteroatoms. The second kappa shape index (κ2) is 10.7. The number of nitriles is 1. The molecular formula is C23H22ClF3N4O2. The normalized spacial score (nSPS) is 11.6. The first kappa shape index (κ1) is 24.5. The highest BCUT2D eigenvalue weighted by molar-refractivity contribution is 6.30. The number of hydrogen-bond donors (Lipinski definition) is 0. The van der Waals surface area contributed by atoms with E-state index in [2.05, 4.69) is 4.98 Å². The molecule has 0 saturated carbocycles. The summed E-state index contributed by atoms with van der Waals surface area (Å²) in [5.74, 6) is 0.0432. The number of imidazole rings is 1. The van der Waals surface area contributed by atoms with E-state index in [4.69, 9.17) is 16.9 Å². The zero-order valence-corrected chi connectivity index (χ0v) is 18.5. The Bertz CT molecular complexity index is 1220. The Morgan fingerprint density at radius 1 is 1.12 bits per heavy atom. The molecule has 2 heterocycles. The summed E-state index contributed by atoms with van der Waals surface area (Å²) in [6.07, 6.45) is -0.912. The number of hydrogen-bond acceptors (Lipinski definition) is 4. The van der Waals surface area contributed by atoms with Gasteiger partial charge in [-0.15, -0.1) is 0 Å². The molecular weight excluding hydrogens is 457 g/mol. The van der Waals surface area contributed by atoms with Crippen molar-refractivity contribution in [1.29, 1.82) is 5.26 Å². The van der Waals surface area contributed by atoms with Gasteiger partial charge < -0.3 is 4.57 Å². The van der Waals surface area contributed by atoms with Crippen LogP contribution in [0.1, 0.15) is 44.1 Å². The molecule has 0 radical (unpaired) electrons. The Morgan fingerprint density at radius 3 is 2.52 bits per heavy atom. The quantitative estimate of drug-likeness (QED) is 0.368. The minimum atomic E-state index is -4.29. The summed E-state index contributed by atoms with van der Waals surface area (Å²) in [6, 6.07) is 8.82. The smallest absolute Gasteiger partial charge is 0.318 e. The highest BCUT2D eigenvalue weighted by Crippen LogP contribution is 2.23. The number of halogens is 4. The van der Waals surface area contributed by atoms with Crippen molar-refractivity contribution >= 4 is 23.2 Å². The van der Waals surface area contributed by atoms with Gasteiger partial charge in [-0.2, -0.15) is 18.4 Å². The number of rotatable bonds is 10. The van der Waals surface area contributed by atoms with Crippen LogP contribution in [-0.4, -0.2) is 25.9 Å². The van der Waals surface area contributed by atoms with Gasteiger partial charge in [0.25, 0.3) is 5.56 Å². The standard InChI is InChI=1S/C23H22ClF3N4O2/c24-18-8-6-16(7-9-18)20-15-31-21(33)17(13-19(32)5-2-1-3-11-28)14-30(22(31)29-20)12-4-10-23(25,26)27/h6-9,14-15H,1-5,10,12-13H2. The summed E-state index contributed by atoms with van der Waals surface area (Å²) in [4.78, 5) is 29.9. The molecule has 174 valence electrons. The van der Waals surface area contributed by atoms with Gasteiger partial charge in [0, 0.05) is 60.8 Å². The van der Waals surface area contributed by atoms with Crippen molar-refractivity contribution in [2.75, 3.05) is 0 Å². The molecule has 0 amide bonds. The van der Waals surface area contributed by atoms with Gasteiger partial charge in [-0.1, -0.05) is 23.7 Å². The molecule has 2 aromatic heterocycles. The van der Waals surface area contributed by atoms with Crippen LogP contribution in [0.15, 0.2) is 41.5 Å². The monoisotopic (exact) mass is 478 g/mol. The van der Waals surface area contributed by atoms with Crippen LogP contribution in [0.5, 0.6) is 0 Å². The second-order valence-electron chi connectivity index (χ2n) is 7.76. The van der Waals surface area contributed by atoms with Crippen LogP contribution in [0.4, 0.5) is 13.2 Å². The summed E-state index contributed by atoms with van der Waals surface area (Å²) >= 11 is 5.93. The van der Waals surface area contributed by atoms with Crippen LogP contribution in [-0.2, 0) is 17.8 Å². The molecule has 0 atom stereocenters. The average molecular weight is 479 g/mol. The maximum Gasteiger partial charge on any atom is 0.389 e. The molecule has 3 aromatic rings. The third-order valence-electron chi connectivity index (χ3n) is 5.13. The minimum Gasteiger partial charge on any atom is -0.318 e. The molecule has 0 unspecified atom stereocenters. The molecule has 0 aliphatic rings. The SMILES string of the molecule is N#CCCCCC(=O)Cc1cn(CCCC(F)(F)F)c2nc(-c3ccc(Cl)cc3)cn2c1=O. The minimum absolute atomic E-state index is 0.0102. The summed E-state index contributed by atoms with van der Waals surface area (Å²) < 4.78 is 40.8. The number of ketones is 1. The van der Waals surface area contributed by atoms with Crippen LogP contribution in [0.3, 0.4) is 0 Å². The number of carbonyl (C=O) groups excluding carboxylic acids is 1. The molecule has 6 nitrogen and oxygen atoms in total. The highest BCUT2D eigenvalue weighted by Gasteiger charge is 2.26. The zero-order valence-electron chi connectivity index (χ0n) is 17.7. The van der Waals surface area contributed by atoms with Crippen LogP contribution in [0.2, 0.25) is 5.02 Å². The zero-order chi connectivity index (χ0) is 24.0. The maximum absolute atomic E-state index is 13.0. The maximum atomic E-state index is 13.0.